The van der Waals surface area contributed by atoms with Crippen LogP contribution in [-0.4, -0.2) is 62.4 Å². The number of alkyl halides is 3. The minimum atomic E-state index is -4.18. The van der Waals surface area contributed by atoms with Crippen LogP contribution in [0.15, 0.2) is 18.3 Å². The van der Waals surface area contributed by atoms with E-state index in [0.29, 0.717) is 31.7 Å². The van der Waals surface area contributed by atoms with Crippen molar-refractivity contribution in [1.29, 1.82) is 0 Å². The number of rotatable bonds is 5. The zero-order valence-corrected chi connectivity index (χ0v) is 13.7. The summed E-state index contributed by atoms with van der Waals surface area (Å²) in [6, 6.07) is 3.13. The van der Waals surface area contributed by atoms with Gasteiger partial charge >= 0.3 is 12.2 Å². The fourth-order valence-corrected chi connectivity index (χ4v) is 2.61. The molecule has 0 spiro atoms. The third kappa shape index (κ3) is 5.88. The number of hydrogen-bond acceptors (Lipinski definition) is 4. The summed E-state index contributed by atoms with van der Waals surface area (Å²) in [4.78, 5) is 19.2. The van der Waals surface area contributed by atoms with Crippen LogP contribution < -0.4 is 15.5 Å². The molecule has 1 fully saturated rings. The van der Waals surface area contributed by atoms with E-state index in [1.807, 2.05) is 19.0 Å². The zero-order valence-electron chi connectivity index (χ0n) is 13.7. The number of carbonyl (C=O) groups is 1. The van der Waals surface area contributed by atoms with Gasteiger partial charge in [0.15, 0.2) is 0 Å². The maximum atomic E-state index is 12.3. The summed E-state index contributed by atoms with van der Waals surface area (Å²) in [5.74, 6) is 0.809. The van der Waals surface area contributed by atoms with Gasteiger partial charge in [-0.05, 0) is 31.0 Å². The number of nitrogens with zero attached hydrogens (tertiary/aromatic N) is 3. The molecular formula is C15H22F3N5O. The lowest BCUT2D eigenvalue weighted by molar-refractivity contribution is -0.143. The van der Waals surface area contributed by atoms with Gasteiger partial charge in [0.2, 0.25) is 0 Å². The van der Waals surface area contributed by atoms with E-state index >= 15 is 0 Å². The van der Waals surface area contributed by atoms with E-state index in [-0.39, 0.29) is 11.9 Å². The zero-order chi connectivity index (χ0) is 17.7. The fourth-order valence-electron chi connectivity index (χ4n) is 2.61. The van der Waals surface area contributed by atoms with Crippen LogP contribution in [0, 0.1) is 5.92 Å². The van der Waals surface area contributed by atoms with E-state index in [1.165, 1.54) is 4.90 Å². The van der Waals surface area contributed by atoms with Crippen molar-refractivity contribution in [2.45, 2.75) is 12.6 Å². The summed E-state index contributed by atoms with van der Waals surface area (Å²) in [6.07, 6.45) is -1.98. The van der Waals surface area contributed by atoms with E-state index in [9.17, 15) is 18.0 Å². The van der Waals surface area contributed by atoms with Gasteiger partial charge in [0, 0.05) is 27.2 Å². The molecule has 134 valence electrons. The Morgan fingerprint density at radius 3 is 2.75 bits per heavy atom. The van der Waals surface area contributed by atoms with Crippen LogP contribution in [0.25, 0.3) is 0 Å². The van der Waals surface area contributed by atoms with E-state index in [4.69, 9.17) is 0 Å². The van der Waals surface area contributed by atoms with Crippen molar-refractivity contribution in [3.05, 3.63) is 18.3 Å². The molecule has 0 saturated carbocycles. The van der Waals surface area contributed by atoms with Gasteiger partial charge in [0.1, 0.15) is 5.82 Å². The van der Waals surface area contributed by atoms with Crippen LogP contribution in [0.1, 0.15) is 6.42 Å². The van der Waals surface area contributed by atoms with Crippen molar-refractivity contribution >= 4 is 17.5 Å². The molecule has 0 aliphatic carbocycles. The monoisotopic (exact) mass is 345 g/mol. The van der Waals surface area contributed by atoms with Crippen molar-refractivity contribution in [2.75, 3.05) is 50.5 Å². The molecule has 1 aliphatic heterocycles. The molecule has 2 rings (SSSR count). The average Bonchev–Trinajstić information content (AvgIpc) is 2.91. The molecular weight excluding hydrogens is 323 g/mol. The Kier molecular flexibility index (Phi) is 5.87. The molecule has 2 heterocycles. The first kappa shape index (κ1) is 18.3. The highest BCUT2D eigenvalue weighted by Gasteiger charge is 2.34. The van der Waals surface area contributed by atoms with E-state index in [2.05, 4.69) is 15.6 Å². The molecule has 0 aromatic carbocycles. The molecule has 0 bridgehead atoms. The second-order valence-electron chi connectivity index (χ2n) is 6.14. The third-order valence-electron chi connectivity index (χ3n) is 3.79. The topological polar surface area (TPSA) is 60.5 Å². The largest absolute Gasteiger partial charge is 0.401 e. The minimum Gasteiger partial charge on any atom is -0.363 e. The normalized spacial score (nSPS) is 18.5. The van der Waals surface area contributed by atoms with E-state index < -0.39 is 12.7 Å². The SMILES string of the molecule is CN(C)c1ccc(NC(=O)NC[C@@H]2CCN(CC(F)(F)F)C2)cn1. The highest BCUT2D eigenvalue weighted by Crippen LogP contribution is 2.22. The number of pyridine rings is 1. The minimum absolute atomic E-state index is 0.0346. The van der Waals surface area contributed by atoms with Crippen LogP contribution in [0.2, 0.25) is 0 Å². The van der Waals surface area contributed by atoms with Crippen LogP contribution >= 0.6 is 0 Å². The fraction of sp³-hybridized carbons (Fsp3) is 0.600. The van der Waals surface area contributed by atoms with Crippen LogP contribution in [0.3, 0.4) is 0 Å². The number of likely N-dealkylation sites (tertiary alicyclic amines) is 1. The summed E-state index contributed by atoms with van der Waals surface area (Å²) < 4.78 is 37.0. The second-order valence-corrected chi connectivity index (χ2v) is 6.14. The van der Waals surface area contributed by atoms with Gasteiger partial charge in [-0.15, -0.1) is 0 Å². The number of aromatic nitrogens is 1. The summed E-state index contributed by atoms with van der Waals surface area (Å²) in [5.41, 5.74) is 0.559. The molecule has 6 nitrogen and oxygen atoms in total. The number of urea groups is 1. The molecule has 1 saturated heterocycles. The first-order valence-electron chi connectivity index (χ1n) is 7.70. The number of anilines is 2. The highest BCUT2D eigenvalue weighted by molar-refractivity contribution is 5.89. The number of amides is 2. The Labute approximate surface area is 139 Å². The molecule has 1 atom stereocenters. The summed E-state index contributed by atoms with van der Waals surface area (Å²) in [6.45, 7) is 0.214. The van der Waals surface area contributed by atoms with Crippen molar-refractivity contribution < 1.29 is 18.0 Å². The van der Waals surface area contributed by atoms with Crippen molar-refractivity contribution in [1.82, 2.24) is 15.2 Å². The number of carbonyl (C=O) groups excluding carboxylic acids is 1. The van der Waals surface area contributed by atoms with Crippen molar-refractivity contribution in [3.63, 3.8) is 0 Å². The van der Waals surface area contributed by atoms with Crippen LogP contribution in [0.4, 0.5) is 29.5 Å². The average molecular weight is 345 g/mol. The number of halogens is 3. The number of hydrogen-bond donors (Lipinski definition) is 2. The lowest BCUT2D eigenvalue weighted by Crippen LogP contribution is -2.36. The molecule has 1 aliphatic rings. The Hall–Kier alpha value is -2.03. The maximum absolute atomic E-state index is 12.3. The summed E-state index contributed by atoms with van der Waals surface area (Å²) in [7, 11) is 3.73. The Balaban J connectivity index is 1.72. The van der Waals surface area contributed by atoms with Gasteiger partial charge in [0.25, 0.3) is 0 Å². The molecule has 9 heteroatoms. The van der Waals surface area contributed by atoms with Crippen molar-refractivity contribution in [3.8, 4) is 0 Å². The molecule has 24 heavy (non-hydrogen) atoms. The highest BCUT2D eigenvalue weighted by atomic mass is 19.4. The van der Waals surface area contributed by atoms with Gasteiger partial charge in [-0.1, -0.05) is 0 Å². The molecule has 2 N–H and O–H groups in total. The first-order chi connectivity index (χ1) is 11.2. The quantitative estimate of drug-likeness (QED) is 0.859. The van der Waals surface area contributed by atoms with Gasteiger partial charge < -0.3 is 15.5 Å². The van der Waals surface area contributed by atoms with E-state index in [1.54, 1.807) is 18.3 Å². The summed E-state index contributed by atoms with van der Waals surface area (Å²) >= 11 is 0. The lowest BCUT2D eigenvalue weighted by Gasteiger charge is -2.18. The predicted molar refractivity (Wildman–Crippen MR) is 86.2 cm³/mol. The molecule has 2 amide bonds. The van der Waals surface area contributed by atoms with Gasteiger partial charge in [-0.3, -0.25) is 4.90 Å². The smallest absolute Gasteiger partial charge is 0.363 e. The first-order valence-corrected chi connectivity index (χ1v) is 7.70. The third-order valence-corrected chi connectivity index (χ3v) is 3.79. The molecule has 0 radical (unpaired) electrons. The molecule has 1 aromatic heterocycles. The summed E-state index contributed by atoms with van der Waals surface area (Å²) in [5, 5.41) is 5.35. The van der Waals surface area contributed by atoms with Gasteiger partial charge in [-0.25, -0.2) is 9.78 Å². The predicted octanol–water partition coefficient (Wildman–Crippen LogP) is 2.15. The molecule has 1 aromatic rings. The second kappa shape index (κ2) is 7.69. The lowest BCUT2D eigenvalue weighted by atomic mass is 10.1. The van der Waals surface area contributed by atoms with Crippen LogP contribution in [0.5, 0.6) is 0 Å². The van der Waals surface area contributed by atoms with E-state index in [0.717, 1.165) is 5.82 Å². The van der Waals surface area contributed by atoms with Gasteiger partial charge in [-0.2, -0.15) is 13.2 Å². The Bertz CT molecular complexity index is 547. The molecule has 0 unspecified atom stereocenters. The maximum Gasteiger partial charge on any atom is 0.401 e. The Morgan fingerprint density at radius 1 is 1.42 bits per heavy atom. The standard InChI is InChI=1S/C15H22F3N5O/c1-22(2)13-4-3-12(8-19-13)21-14(24)20-7-11-5-6-23(9-11)10-15(16,17)18/h3-4,8,11H,5-7,9-10H2,1-2H3,(H2,20,21,24)/t11-/m0/s1. The van der Waals surface area contributed by atoms with Crippen LogP contribution in [-0.2, 0) is 0 Å². The van der Waals surface area contributed by atoms with Crippen molar-refractivity contribution in [2.24, 2.45) is 5.92 Å². The van der Waals surface area contributed by atoms with Gasteiger partial charge in [0.05, 0.1) is 18.4 Å². The number of nitrogens with one attached hydrogen (secondary N) is 2. The Morgan fingerprint density at radius 2 is 2.17 bits per heavy atom.